The first-order valence-corrected chi connectivity index (χ1v) is 11.7. The van der Waals surface area contributed by atoms with Gasteiger partial charge in [-0.3, -0.25) is 9.89 Å². The second kappa shape index (κ2) is 7.52. The van der Waals surface area contributed by atoms with E-state index in [-0.39, 0.29) is 30.2 Å². The Bertz CT molecular complexity index is 1500. The highest BCUT2D eigenvalue weighted by molar-refractivity contribution is 7.89. The Morgan fingerprint density at radius 2 is 2.06 bits per heavy atom. The van der Waals surface area contributed by atoms with Gasteiger partial charge in [-0.05, 0) is 25.1 Å². The van der Waals surface area contributed by atoms with Crippen LogP contribution in [0, 0.1) is 12.7 Å². The van der Waals surface area contributed by atoms with Crippen LogP contribution >= 0.6 is 0 Å². The second-order valence-corrected chi connectivity index (χ2v) is 10.0. The molecular weight excluding hydrogens is 449 g/mol. The summed E-state index contributed by atoms with van der Waals surface area (Å²) in [5.74, 6) is -0.957. The molecule has 0 fully saturated rings. The zero-order valence-electron chi connectivity index (χ0n) is 18.3. The van der Waals surface area contributed by atoms with Gasteiger partial charge in [0.1, 0.15) is 16.4 Å². The number of aryl methyl sites for hydroxylation is 1. The van der Waals surface area contributed by atoms with Gasteiger partial charge in [0, 0.05) is 44.0 Å². The summed E-state index contributed by atoms with van der Waals surface area (Å²) in [6.45, 7) is 2.00. The number of rotatable bonds is 5. The first kappa shape index (κ1) is 21.3. The Hall–Kier alpha value is -3.51. The van der Waals surface area contributed by atoms with Gasteiger partial charge in [-0.2, -0.15) is 9.40 Å². The first-order valence-electron chi connectivity index (χ1n) is 10.2. The molecule has 1 aliphatic rings. The Labute approximate surface area is 189 Å². The monoisotopic (exact) mass is 471 g/mol. The zero-order valence-corrected chi connectivity index (χ0v) is 19.1. The number of aromatic nitrogens is 5. The predicted octanol–water partition coefficient (Wildman–Crippen LogP) is 1.72. The molecule has 0 radical (unpaired) electrons. The minimum absolute atomic E-state index is 0.0631. The number of amides is 1. The molecule has 1 amide bonds. The summed E-state index contributed by atoms with van der Waals surface area (Å²) >= 11 is 0. The number of hydrogen-bond donors (Lipinski definition) is 2. The van der Waals surface area contributed by atoms with Crippen LogP contribution in [0.3, 0.4) is 0 Å². The minimum atomic E-state index is -3.83. The molecule has 4 aromatic rings. The Balaban J connectivity index is 1.40. The van der Waals surface area contributed by atoms with Gasteiger partial charge in [-0.15, -0.1) is 0 Å². The van der Waals surface area contributed by atoms with Crippen LogP contribution in [0.15, 0.2) is 35.6 Å². The lowest BCUT2D eigenvalue weighted by Crippen LogP contribution is -2.26. The fourth-order valence-electron chi connectivity index (χ4n) is 4.22. The third-order valence-corrected chi connectivity index (χ3v) is 8.09. The van der Waals surface area contributed by atoms with E-state index in [1.54, 1.807) is 44.2 Å². The van der Waals surface area contributed by atoms with Crippen molar-refractivity contribution in [3.63, 3.8) is 0 Å². The van der Waals surface area contributed by atoms with Crippen molar-refractivity contribution in [2.24, 2.45) is 14.1 Å². The summed E-state index contributed by atoms with van der Waals surface area (Å²) in [4.78, 5) is 17.2. The molecule has 0 atom stereocenters. The summed E-state index contributed by atoms with van der Waals surface area (Å²) < 4.78 is 45.6. The molecule has 0 saturated heterocycles. The number of imidazole rings is 1. The fraction of sp³-hybridized carbons (Fsp3) is 0.286. The van der Waals surface area contributed by atoms with Gasteiger partial charge in [-0.25, -0.2) is 17.8 Å². The molecule has 0 spiro atoms. The van der Waals surface area contributed by atoms with Crippen LogP contribution in [0.5, 0.6) is 0 Å². The van der Waals surface area contributed by atoms with Crippen LogP contribution in [-0.2, 0) is 43.8 Å². The third kappa shape index (κ3) is 3.33. The van der Waals surface area contributed by atoms with Crippen LogP contribution in [0.2, 0.25) is 0 Å². The normalized spacial score (nSPS) is 14.2. The maximum absolute atomic E-state index is 14.5. The lowest BCUT2D eigenvalue weighted by atomic mass is 10.1. The van der Waals surface area contributed by atoms with Gasteiger partial charge in [-0.1, -0.05) is 0 Å². The number of carbonyl (C=O) groups excluding carboxylic acids is 1. The molecular formula is C21H22FN7O3S. The topological polar surface area (TPSA) is 118 Å². The smallest absolute Gasteiger partial charge is 0.268 e. The Morgan fingerprint density at radius 3 is 2.82 bits per heavy atom. The number of carbonyl (C=O) groups is 1. The average molecular weight is 472 g/mol. The summed E-state index contributed by atoms with van der Waals surface area (Å²) in [5, 5.41) is 9.45. The third-order valence-electron chi connectivity index (χ3n) is 6.18. The van der Waals surface area contributed by atoms with Crippen LogP contribution in [-0.4, -0.2) is 42.9 Å². The van der Waals surface area contributed by atoms with E-state index in [0.29, 0.717) is 22.3 Å². The zero-order chi connectivity index (χ0) is 23.5. The number of hydrogen-bond acceptors (Lipinski definition) is 5. The van der Waals surface area contributed by atoms with Crippen LogP contribution in [0.4, 0.5) is 4.39 Å². The van der Waals surface area contributed by atoms with Gasteiger partial charge in [0.15, 0.2) is 0 Å². The van der Waals surface area contributed by atoms with Gasteiger partial charge < -0.3 is 14.5 Å². The van der Waals surface area contributed by atoms with Gasteiger partial charge >= 0.3 is 0 Å². The lowest BCUT2D eigenvalue weighted by molar-refractivity contribution is 0.0942. The van der Waals surface area contributed by atoms with E-state index < -0.39 is 21.7 Å². The minimum Gasteiger partial charge on any atom is -0.346 e. The number of nitrogens with one attached hydrogen (secondary N) is 2. The van der Waals surface area contributed by atoms with Gasteiger partial charge in [0.05, 0.1) is 35.8 Å². The number of halogens is 1. The van der Waals surface area contributed by atoms with E-state index in [0.717, 1.165) is 11.3 Å². The number of sulfonamides is 1. The van der Waals surface area contributed by atoms with E-state index in [4.69, 9.17) is 0 Å². The molecule has 2 N–H and O–H groups in total. The predicted molar refractivity (Wildman–Crippen MR) is 117 cm³/mol. The molecule has 4 heterocycles. The maximum atomic E-state index is 14.5. The highest BCUT2D eigenvalue weighted by Crippen LogP contribution is 2.30. The van der Waals surface area contributed by atoms with E-state index in [1.807, 2.05) is 0 Å². The van der Waals surface area contributed by atoms with Crippen molar-refractivity contribution in [2.45, 2.75) is 31.5 Å². The van der Waals surface area contributed by atoms with Crippen LogP contribution in [0.25, 0.3) is 11.0 Å². The van der Waals surface area contributed by atoms with Crippen molar-refractivity contribution in [1.29, 1.82) is 0 Å². The van der Waals surface area contributed by atoms with Crippen LogP contribution < -0.4 is 5.32 Å². The molecule has 10 nitrogen and oxygen atoms in total. The molecule has 0 unspecified atom stereocenters. The molecule has 1 aliphatic heterocycles. The standard InChI is InChI=1S/C21H22FN7O3S/c1-12-19(33(31,32)29-9-13-7-25-26-17(13)10-29)6-18(28(12)3)21(30)23-8-14-15(22)4-5-16-20(14)27(2)11-24-16/h4-7,11H,8-10H2,1-3H3,(H,23,30)(H,25,26). The molecule has 12 heteroatoms. The SMILES string of the molecule is Cc1c(S(=O)(=O)N2Cc3cn[nH]c3C2)cc(C(=O)NCc2c(F)ccc3ncn(C)c23)n1C. The number of nitrogens with zero attached hydrogens (tertiary/aromatic N) is 5. The average Bonchev–Trinajstić information content (AvgIpc) is 3.52. The maximum Gasteiger partial charge on any atom is 0.268 e. The molecule has 33 heavy (non-hydrogen) atoms. The molecule has 172 valence electrons. The summed E-state index contributed by atoms with van der Waals surface area (Å²) in [5.41, 5.74) is 3.72. The summed E-state index contributed by atoms with van der Waals surface area (Å²) in [6.07, 6.45) is 3.20. The number of aromatic amines is 1. The number of fused-ring (bicyclic) bond motifs is 2. The molecule has 3 aromatic heterocycles. The molecule has 0 bridgehead atoms. The number of benzene rings is 1. The highest BCUT2D eigenvalue weighted by atomic mass is 32.2. The fourth-order valence-corrected chi connectivity index (χ4v) is 5.88. The van der Waals surface area contributed by atoms with Crippen molar-refractivity contribution >= 4 is 27.0 Å². The summed E-state index contributed by atoms with van der Waals surface area (Å²) in [6, 6.07) is 4.26. The molecule has 5 rings (SSSR count). The Morgan fingerprint density at radius 1 is 1.27 bits per heavy atom. The lowest BCUT2D eigenvalue weighted by Gasteiger charge is -2.15. The number of H-pyrrole nitrogens is 1. The highest BCUT2D eigenvalue weighted by Gasteiger charge is 2.34. The van der Waals surface area contributed by atoms with Crippen molar-refractivity contribution in [3.8, 4) is 0 Å². The molecule has 0 saturated carbocycles. The van der Waals surface area contributed by atoms with Gasteiger partial charge in [0.2, 0.25) is 10.0 Å². The van der Waals surface area contributed by atoms with Crippen molar-refractivity contribution in [1.82, 2.24) is 33.9 Å². The quantitative estimate of drug-likeness (QED) is 0.460. The van der Waals surface area contributed by atoms with Crippen molar-refractivity contribution < 1.29 is 17.6 Å². The molecule has 1 aromatic carbocycles. The largest absolute Gasteiger partial charge is 0.346 e. The van der Waals surface area contributed by atoms with Crippen molar-refractivity contribution in [3.05, 3.63) is 64.7 Å². The van der Waals surface area contributed by atoms with E-state index in [2.05, 4.69) is 20.5 Å². The second-order valence-electron chi connectivity index (χ2n) is 8.12. The van der Waals surface area contributed by atoms with Gasteiger partial charge in [0.25, 0.3) is 5.91 Å². The van der Waals surface area contributed by atoms with Crippen LogP contribution in [0.1, 0.15) is 33.0 Å². The summed E-state index contributed by atoms with van der Waals surface area (Å²) in [7, 11) is -0.450. The van der Waals surface area contributed by atoms with E-state index in [9.17, 15) is 17.6 Å². The first-order chi connectivity index (χ1) is 15.7. The molecule has 0 aliphatic carbocycles. The van der Waals surface area contributed by atoms with E-state index in [1.165, 1.54) is 21.0 Å². The van der Waals surface area contributed by atoms with Crippen molar-refractivity contribution in [2.75, 3.05) is 0 Å². The van der Waals surface area contributed by atoms with E-state index >= 15 is 0 Å². The Kier molecular flexibility index (Phi) is 4.87.